The summed E-state index contributed by atoms with van der Waals surface area (Å²) in [6, 6.07) is 2.18. The molecule has 0 aliphatic heterocycles. The minimum Gasteiger partial charge on any atom is -0.344 e. The predicted molar refractivity (Wildman–Crippen MR) is 132 cm³/mol. The molecule has 3 heterocycles. The second-order valence-electron chi connectivity index (χ2n) is 7.48. The third kappa shape index (κ3) is 5.76. The zero-order valence-electron chi connectivity index (χ0n) is 19.0. The maximum atomic E-state index is 12.5. The second kappa shape index (κ2) is 11.1. The van der Waals surface area contributed by atoms with Gasteiger partial charge in [0.2, 0.25) is 5.91 Å². The van der Waals surface area contributed by atoms with Crippen LogP contribution in [-0.4, -0.2) is 56.3 Å². The predicted octanol–water partition coefficient (Wildman–Crippen LogP) is 4.57. The number of amides is 2. The Kier molecular flexibility index (Phi) is 8.44. The van der Waals surface area contributed by atoms with Gasteiger partial charge in [0.25, 0.3) is 5.91 Å². The molecule has 0 radical (unpaired) electrons. The van der Waals surface area contributed by atoms with Crippen LogP contribution in [0.15, 0.2) is 16.6 Å². The standard InChI is InChI=1S/C21H28N6O2S3/c1-6-8-15-10-14(11-30-15)18-24-25-21(27(18)9-7-2)31-12-16(28)23-20-22-13(3)17(32-20)19(29)26(4)5/h10-11H,6-9,12H2,1-5H3,(H,22,23,28). The van der Waals surface area contributed by atoms with Crippen molar-refractivity contribution in [2.45, 2.75) is 51.7 Å². The lowest BCUT2D eigenvalue weighted by molar-refractivity contribution is -0.113. The number of anilines is 1. The van der Waals surface area contributed by atoms with Crippen molar-refractivity contribution in [3.8, 4) is 11.4 Å². The van der Waals surface area contributed by atoms with Crippen molar-refractivity contribution in [3.63, 3.8) is 0 Å². The van der Waals surface area contributed by atoms with Crippen molar-refractivity contribution in [2.24, 2.45) is 0 Å². The van der Waals surface area contributed by atoms with E-state index in [2.05, 4.69) is 50.4 Å². The maximum Gasteiger partial charge on any atom is 0.265 e. The van der Waals surface area contributed by atoms with Crippen LogP contribution in [0.25, 0.3) is 11.4 Å². The zero-order valence-corrected chi connectivity index (χ0v) is 21.4. The molecule has 8 nitrogen and oxygen atoms in total. The van der Waals surface area contributed by atoms with Crippen molar-refractivity contribution < 1.29 is 9.59 Å². The highest BCUT2D eigenvalue weighted by Gasteiger charge is 2.19. The smallest absolute Gasteiger partial charge is 0.265 e. The van der Waals surface area contributed by atoms with Crippen LogP contribution >= 0.6 is 34.4 Å². The summed E-state index contributed by atoms with van der Waals surface area (Å²) in [7, 11) is 3.38. The molecule has 0 saturated heterocycles. The fourth-order valence-corrected chi connectivity index (χ4v) is 5.78. The van der Waals surface area contributed by atoms with Gasteiger partial charge in [0.05, 0.1) is 11.4 Å². The second-order valence-corrected chi connectivity index (χ2v) is 10.4. The fourth-order valence-electron chi connectivity index (χ4n) is 3.05. The minimum atomic E-state index is -0.194. The number of hydrogen-bond acceptors (Lipinski definition) is 8. The first-order valence-corrected chi connectivity index (χ1v) is 13.1. The highest BCUT2D eigenvalue weighted by atomic mass is 32.2. The molecule has 0 atom stereocenters. The molecule has 0 aliphatic carbocycles. The summed E-state index contributed by atoms with van der Waals surface area (Å²) in [4.78, 5) is 32.4. The minimum absolute atomic E-state index is 0.120. The molecule has 32 heavy (non-hydrogen) atoms. The van der Waals surface area contributed by atoms with Gasteiger partial charge in [-0.2, -0.15) is 0 Å². The first kappa shape index (κ1) is 24.4. The van der Waals surface area contributed by atoms with Gasteiger partial charge in [-0.3, -0.25) is 9.59 Å². The quantitative estimate of drug-likeness (QED) is 0.417. The van der Waals surface area contributed by atoms with Gasteiger partial charge < -0.3 is 14.8 Å². The van der Waals surface area contributed by atoms with E-state index in [1.165, 1.54) is 32.9 Å². The molecule has 3 rings (SSSR count). The highest BCUT2D eigenvalue weighted by molar-refractivity contribution is 7.99. The first-order chi connectivity index (χ1) is 15.3. The Morgan fingerprint density at radius 3 is 2.69 bits per heavy atom. The van der Waals surface area contributed by atoms with E-state index in [1.807, 2.05) is 0 Å². The monoisotopic (exact) mass is 492 g/mol. The molecule has 172 valence electrons. The van der Waals surface area contributed by atoms with E-state index < -0.39 is 0 Å². The Labute approximate surface area is 200 Å². The van der Waals surface area contributed by atoms with E-state index in [4.69, 9.17) is 0 Å². The molecule has 0 spiro atoms. The number of carbonyl (C=O) groups is 2. The molecule has 1 N–H and O–H groups in total. The summed E-state index contributed by atoms with van der Waals surface area (Å²) in [6.07, 6.45) is 3.12. The lowest BCUT2D eigenvalue weighted by Crippen LogP contribution is -2.21. The molecule has 2 amide bonds. The summed E-state index contributed by atoms with van der Waals surface area (Å²) in [5.74, 6) is 0.713. The van der Waals surface area contributed by atoms with Crippen LogP contribution in [0, 0.1) is 6.92 Å². The van der Waals surface area contributed by atoms with Crippen LogP contribution in [0.2, 0.25) is 0 Å². The van der Waals surface area contributed by atoms with Crippen molar-refractivity contribution in [1.29, 1.82) is 0 Å². The largest absolute Gasteiger partial charge is 0.344 e. The fraction of sp³-hybridized carbons (Fsp3) is 0.476. The molecule has 0 aliphatic rings. The van der Waals surface area contributed by atoms with E-state index in [0.29, 0.717) is 15.7 Å². The zero-order chi connectivity index (χ0) is 23.3. The lowest BCUT2D eigenvalue weighted by Gasteiger charge is -2.08. The molecule has 0 fully saturated rings. The lowest BCUT2D eigenvalue weighted by atomic mass is 10.2. The van der Waals surface area contributed by atoms with Gasteiger partial charge in [-0.1, -0.05) is 43.4 Å². The third-order valence-electron chi connectivity index (χ3n) is 4.55. The normalized spacial score (nSPS) is 11.0. The first-order valence-electron chi connectivity index (χ1n) is 10.5. The summed E-state index contributed by atoms with van der Waals surface area (Å²) < 4.78 is 2.08. The SMILES string of the molecule is CCCc1cc(-c2nnc(SCC(=O)Nc3nc(C)c(C(=O)N(C)C)s3)n2CCC)cs1. The third-order valence-corrected chi connectivity index (χ3v) is 7.57. The maximum absolute atomic E-state index is 12.5. The average Bonchev–Trinajstić information content (AvgIpc) is 3.45. The number of thiazole rings is 1. The number of thiophene rings is 1. The van der Waals surface area contributed by atoms with E-state index in [1.54, 1.807) is 32.4 Å². The molecular formula is C21H28N6O2S3. The summed E-state index contributed by atoms with van der Waals surface area (Å²) >= 11 is 4.29. The van der Waals surface area contributed by atoms with E-state index in [0.717, 1.165) is 42.4 Å². The highest BCUT2D eigenvalue weighted by Crippen LogP contribution is 2.29. The van der Waals surface area contributed by atoms with Gasteiger partial charge >= 0.3 is 0 Å². The van der Waals surface area contributed by atoms with Crippen LogP contribution in [0.1, 0.15) is 46.9 Å². The Bertz CT molecular complexity index is 1090. The van der Waals surface area contributed by atoms with Gasteiger partial charge in [-0.25, -0.2) is 4.98 Å². The van der Waals surface area contributed by atoms with E-state index in [-0.39, 0.29) is 17.6 Å². The number of carbonyl (C=O) groups excluding carboxylic acids is 2. The average molecular weight is 493 g/mol. The van der Waals surface area contributed by atoms with Crippen LogP contribution in [0.4, 0.5) is 5.13 Å². The van der Waals surface area contributed by atoms with Gasteiger partial charge in [0.15, 0.2) is 16.1 Å². The number of nitrogens with one attached hydrogen (secondary N) is 1. The van der Waals surface area contributed by atoms with Crippen molar-refractivity contribution >= 4 is 51.4 Å². The summed E-state index contributed by atoms with van der Waals surface area (Å²) in [5.41, 5.74) is 1.69. The van der Waals surface area contributed by atoms with E-state index >= 15 is 0 Å². The molecular weight excluding hydrogens is 464 g/mol. The number of rotatable bonds is 10. The topological polar surface area (TPSA) is 93.0 Å². The molecule has 3 aromatic heterocycles. The molecule has 0 unspecified atom stereocenters. The molecule has 0 bridgehead atoms. The Morgan fingerprint density at radius 2 is 2.00 bits per heavy atom. The molecule has 11 heteroatoms. The van der Waals surface area contributed by atoms with Gasteiger partial charge in [-0.15, -0.1) is 21.5 Å². The van der Waals surface area contributed by atoms with Gasteiger partial charge in [0.1, 0.15) is 4.88 Å². The Hall–Kier alpha value is -2.24. The number of nitrogens with zero attached hydrogens (tertiary/aromatic N) is 5. The molecule has 0 saturated carbocycles. The Balaban J connectivity index is 1.67. The van der Waals surface area contributed by atoms with Crippen molar-refractivity contribution in [1.82, 2.24) is 24.6 Å². The van der Waals surface area contributed by atoms with Gasteiger partial charge in [-0.05, 0) is 25.8 Å². The van der Waals surface area contributed by atoms with Crippen LogP contribution in [0.5, 0.6) is 0 Å². The van der Waals surface area contributed by atoms with Crippen molar-refractivity contribution in [3.05, 3.63) is 26.9 Å². The number of hydrogen-bond donors (Lipinski definition) is 1. The van der Waals surface area contributed by atoms with E-state index in [9.17, 15) is 9.59 Å². The van der Waals surface area contributed by atoms with Crippen LogP contribution in [0.3, 0.4) is 0 Å². The summed E-state index contributed by atoms with van der Waals surface area (Å²) in [5, 5.41) is 14.8. The summed E-state index contributed by atoms with van der Waals surface area (Å²) in [6.45, 7) is 6.83. The van der Waals surface area contributed by atoms with Gasteiger partial charge in [0, 0.05) is 36.5 Å². The number of thioether (sulfide) groups is 1. The molecule has 3 aromatic rings. The van der Waals surface area contributed by atoms with Crippen molar-refractivity contribution in [2.75, 3.05) is 25.2 Å². The van der Waals surface area contributed by atoms with Crippen LogP contribution in [-0.2, 0) is 17.8 Å². The number of aryl methyl sites for hydroxylation is 2. The van der Waals surface area contributed by atoms with Crippen LogP contribution < -0.4 is 5.32 Å². The number of aromatic nitrogens is 4. The molecule has 0 aromatic carbocycles. The Morgan fingerprint density at radius 1 is 1.22 bits per heavy atom.